The van der Waals surface area contributed by atoms with Crippen LogP contribution in [0.1, 0.15) is 22.7 Å². The maximum Gasteiger partial charge on any atom is 0.430 e. The van der Waals surface area contributed by atoms with Gasteiger partial charge in [-0.2, -0.15) is 26.3 Å². The summed E-state index contributed by atoms with van der Waals surface area (Å²) in [6, 6.07) is 5.67. The number of alkyl halides is 6. The molecule has 0 saturated carbocycles. The van der Waals surface area contributed by atoms with E-state index in [1.807, 2.05) is 0 Å². The molecule has 0 unspecified atom stereocenters. The Kier molecular flexibility index (Phi) is 6.25. The highest BCUT2D eigenvalue weighted by Gasteiger charge is 2.71. The number of carbonyl (C=O) groups excluding carboxylic acids is 1. The van der Waals surface area contributed by atoms with Gasteiger partial charge in [-0.25, -0.2) is 8.42 Å². The third kappa shape index (κ3) is 4.37. The average molecular weight is 508 g/mol. The summed E-state index contributed by atoms with van der Waals surface area (Å²) in [5, 5.41) is 11.9. The molecular formula is C21H18F6N2O4S. The molecule has 184 valence electrons. The fourth-order valence-electron chi connectivity index (χ4n) is 3.64. The summed E-state index contributed by atoms with van der Waals surface area (Å²) >= 11 is 0. The predicted octanol–water partition coefficient (Wildman–Crippen LogP) is 4.04. The molecule has 1 atom stereocenters. The van der Waals surface area contributed by atoms with E-state index in [1.54, 1.807) is 0 Å². The van der Waals surface area contributed by atoms with Crippen molar-refractivity contribution in [2.24, 2.45) is 0 Å². The van der Waals surface area contributed by atoms with Crippen molar-refractivity contribution in [3.8, 4) is 0 Å². The lowest BCUT2D eigenvalue weighted by molar-refractivity contribution is -0.376. The number of amides is 1. The second kappa shape index (κ2) is 8.31. The van der Waals surface area contributed by atoms with Crippen LogP contribution in [0.4, 0.5) is 32.0 Å². The number of nitrogens with zero attached hydrogens (tertiary/aromatic N) is 1. The molecule has 34 heavy (non-hydrogen) atoms. The Balaban J connectivity index is 1.89. The van der Waals surface area contributed by atoms with Crippen LogP contribution < -0.4 is 5.32 Å². The smallest absolute Gasteiger partial charge is 0.369 e. The van der Waals surface area contributed by atoms with Gasteiger partial charge in [0.25, 0.3) is 11.5 Å². The Morgan fingerprint density at radius 1 is 1.09 bits per heavy atom. The number of rotatable bonds is 5. The minimum atomic E-state index is -6.03. The highest BCUT2D eigenvalue weighted by molar-refractivity contribution is 7.90. The number of nitrogens with one attached hydrogen (secondary N) is 1. The number of anilines is 1. The molecule has 0 fully saturated rings. The van der Waals surface area contributed by atoms with E-state index in [2.05, 4.69) is 11.9 Å². The number of halogens is 6. The molecule has 2 aromatic rings. The van der Waals surface area contributed by atoms with Crippen LogP contribution in [0.3, 0.4) is 0 Å². The van der Waals surface area contributed by atoms with Gasteiger partial charge >= 0.3 is 12.4 Å². The van der Waals surface area contributed by atoms with Crippen LogP contribution >= 0.6 is 0 Å². The van der Waals surface area contributed by atoms with Crippen LogP contribution in [-0.4, -0.2) is 42.9 Å². The third-order valence-electron chi connectivity index (χ3n) is 5.40. The van der Waals surface area contributed by atoms with Crippen molar-refractivity contribution in [2.45, 2.75) is 35.4 Å². The number of benzene rings is 2. The standard InChI is InChI=1S/C21H18F6N2O4S/c1-3-29-11-12-10-15(34(2,32)33)8-9-16(12)17(29)18(30)28-14-6-4-13(5-7-14)19(31,20(22,23)24)21(25,26)27/h3-10,17,31H,1,11H2,2H3,(H,28,30)/t17-/m0/s1. The average Bonchev–Trinajstić information content (AvgIpc) is 3.09. The van der Waals surface area contributed by atoms with Crippen LogP contribution in [0.15, 0.2) is 60.1 Å². The quantitative estimate of drug-likeness (QED) is 0.596. The fourth-order valence-corrected chi connectivity index (χ4v) is 4.31. The number of hydrogen-bond donors (Lipinski definition) is 2. The van der Waals surface area contributed by atoms with Crippen LogP contribution in [0, 0.1) is 0 Å². The summed E-state index contributed by atoms with van der Waals surface area (Å²) in [5.41, 5.74) is -5.66. The first-order chi connectivity index (χ1) is 15.5. The van der Waals surface area contributed by atoms with Gasteiger partial charge < -0.3 is 15.3 Å². The van der Waals surface area contributed by atoms with Gasteiger partial charge in [0, 0.05) is 24.1 Å². The molecule has 1 aliphatic rings. The first-order valence-corrected chi connectivity index (χ1v) is 11.4. The van der Waals surface area contributed by atoms with Crippen molar-refractivity contribution >= 4 is 21.4 Å². The van der Waals surface area contributed by atoms with E-state index in [9.17, 15) is 44.7 Å². The molecule has 1 aliphatic heterocycles. The van der Waals surface area contributed by atoms with Crippen LogP contribution in [0.5, 0.6) is 0 Å². The zero-order valence-electron chi connectivity index (χ0n) is 17.4. The number of hydrogen-bond acceptors (Lipinski definition) is 5. The number of aliphatic hydroxyl groups is 1. The second-order valence-corrected chi connectivity index (χ2v) is 9.68. The molecule has 2 N–H and O–H groups in total. The summed E-state index contributed by atoms with van der Waals surface area (Å²) in [5.74, 6) is -0.680. The molecule has 6 nitrogen and oxygen atoms in total. The van der Waals surface area contributed by atoms with Gasteiger partial charge in [-0.15, -0.1) is 0 Å². The first-order valence-electron chi connectivity index (χ1n) is 9.49. The molecule has 0 bridgehead atoms. The molecule has 3 rings (SSSR count). The Morgan fingerprint density at radius 2 is 1.65 bits per heavy atom. The lowest BCUT2D eigenvalue weighted by Crippen LogP contribution is -2.53. The van der Waals surface area contributed by atoms with Crippen LogP contribution in [0.2, 0.25) is 0 Å². The highest BCUT2D eigenvalue weighted by Crippen LogP contribution is 2.50. The van der Waals surface area contributed by atoms with Gasteiger partial charge in [-0.05, 0) is 41.6 Å². The summed E-state index contributed by atoms with van der Waals surface area (Å²) in [4.78, 5) is 14.4. The topological polar surface area (TPSA) is 86.7 Å². The minimum absolute atomic E-state index is 0.0497. The fraction of sp³-hybridized carbons (Fsp3) is 0.286. The first kappa shape index (κ1) is 25.6. The Hall–Kier alpha value is -3.06. The summed E-state index contributed by atoms with van der Waals surface area (Å²) < 4.78 is 102. The third-order valence-corrected chi connectivity index (χ3v) is 6.51. The SMILES string of the molecule is C=CN1Cc2cc(S(C)(=O)=O)ccc2[C@H]1C(=O)Nc1ccc(C(O)(C(F)(F)F)C(F)(F)F)cc1. The zero-order valence-corrected chi connectivity index (χ0v) is 18.2. The number of fused-ring (bicyclic) bond motifs is 1. The summed E-state index contributed by atoms with van der Waals surface area (Å²) in [6.07, 6.45) is -9.68. The molecule has 13 heteroatoms. The van der Waals surface area contributed by atoms with Crippen molar-refractivity contribution in [1.82, 2.24) is 4.90 Å². The van der Waals surface area contributed by atoms with Crippen molar-refractivity contribution in [3.63, 3.8) is 0 Å². The molecule has 2 aromatic carbocycles. The van der Waals surface area contributed by atoms with E-state index in [0.29, 0.717) is 23.3 Å². The van der Waals surface area contributed by atoms with Crippen molar-refractivity contribution < 1.29 is 44.7 Å². The second-order valence-electron chi connectivity index (χ2n) is 7.66. The van der Waals surface area contributed by atoms with E-state index in [1.165, 1.54) is 29.3 Å². The molecule has 0 saturated heterocycles. The van der Waals surface area contributed by atoms with Gasteiger partial charge in [0.1, 0.15) is 6.04 Å². The Labute approximate surface area is 190 Å². The van der Waals surface area contributed by atoms with E-state index in [0.717, 1.165) is 18.4 Å². The highest BCUT2D eigenvalue weighted by atomic mass is 32.2. The molecule has 0 radical (unpaired) electrons. The van der Waals surface area contributed by atoms with Crippen molar-refractivity contribution in [1.29, 1.82) is 0 Å². The Bertz CT molecular complexity index is 1210. The van der Waals surface area contributed by atoms with E-state index >= 15 is 0 Å². The number of sulfone groups is 1. The summed E-state index contributed by atoms with van der Waals surface area (Å²) in [7, 11) is -3.50. The van der Waals surface area contributed by atoms with Crippen molar-refractivity contribution in [2.75, 3.05) is 11.6 Å². The molecule has 0 aromatic heterocycles. The largest absolute Gasteiger partial charge is 0.430 e. The molecule has 0 aliphatic carbocycles. The van der Waals surface area contributed by atoms with Gasteiger partial charge in [-0.3, -0.25) is 4.79 Å². The van der Waals surface area contributed by atoms with Gasteiger partial charge in [0.2, 0.25) is 0 Å². The molecule has 0 spiro atoms. The molecule has 1 heterocycles. The monoisotopic (exact) mass is 508 g/mol. The molecule has 1 amide bonds. The van der Waals surface area contributed by atoms with Gasteiger partial charge in [-0.1, -0.05) is 24.8 Å². The van der Waals surface area contributed by atoms with Gasteiger partial charge in [0.15, 0.2) is 9.84 Å². The van der Waals surface area contributed by atoms with E-state index in [-0.39, 0.29) is 17.1 Å². The zero-order chi connectivity index (χ0) is 25.7. The minimum Gasteiger partial charge on any atom is -0.369 e. The van der Waals surface area contributed by atoms with E-state index in [4.69, 9.17) is 0 Å². The maximum absolute atomic E-state index is 13.0. The lowest BCUT2D eigenvalue weighted by Gasteiger charge is -2.32. The Morgan fingerprint density at radius 3 is 2.12 bits per heavy atom. The lowest BCUT2D eigenvalue weighted by atomic mass is 9.92. The van der Waals surface area contributed by atoms with Crippen molar-refractivity contribution in [3.05, 3.63) is 71.9 Å². The summed E-state index contributed by atoms with van der Waals surface area (Å²) in [6.45, 7) is 3.76. The predicted molar refractivity (Wildman–Crippen MR) is 109 cm³/mol. The van der Waals surface area contributed by atoms with E-state index < -0.39 is 45.3 Å². The number of carbonyl (C=O) groups is 1. The molecular weight excluding hydrogens is 490 g/mol. The maximum atomic E-state index is 13.0. The van der Waals surface area contributed by atoms with Gasteiger partial charge in [0.05, 0.1) is 4.90 Å². The normalized spacial score (nSPS) is 16.8. The van der Waals surface area contributed by atoms with Crippen LogP contribution in [-0.2, 0) is 26.8 Å². The van der Waals surface area contributed by atoms with Crippen LogP contribution in [0.25, 0.3) is 0 Å².